The lowest BCUT2D eigenvalue weighted by Crippen LogP contribution is -2.05. The van der Waals surface area contributed by atoms with Gasteiger partial charge in [0.2, 0.25) is 0 Å². The van der Waals surface area contributed by atoms with Crippen LogP contribution in [0.2, 0.25) is 0 Å². The fourth-order valence-electron chi connectivity index (χ4n) is 7.61. The molecule has 8 rings (SSSR count). The summed E-state index contributed by atoms with van der Waals surface area (Å²) in [5.41, 5.74) is 7.96. The van der Waals surface area contributed by atoms with Crippen molar-refractivity contribution in [3.05, 3.63) is 166 Å². The van der Waals surface area contributed by atoms with Gasteiger partial charge in [0.05, 0.1) is 0 Å². The van der Waals surface area contributed by atoms with Gasteiger partial charge in [0.25, 0.3) is 0 Å². The third kappa shape index (κ3) is 5.45. The average molecular weight is 651 g/mol. The minimum Gasteiger partial charge on any atom is -0.456 e. The van der Waals surface area contributed by atoms with E-state index in [0.717, 1.165) is 88.3 Å². The Bertz CT molecular complexity index is 2450. The molecule has 0 heterocycles. The smallest absolute Gasteiger partial charge is 0.194 e. The molecule has 0 aromatic heterocycles. The van der Waals surface area contributed by atoms with Crippen LogP contribution in [0.25, 0.3) is 43.1 Å². The Balaban J connectivity index is 1.32. The first-order chi connectivity index (χ1) is 24.1. The molecule has 0 aliphatic rings. The molecule has 0 bridgehead atoms. The average Bonchev–Trinajstić information content (AvgIpc) is 3.09. The molecule has 0 fully saturated rings. The first kappa shape index (κ1) is 31.3. The summed E-state index contributed by atoms with van der Waals surface area (Å²) in [6, 6.07) is 41.4. The van der Waals surface area contributed by atoms with Crippen molar-refractivity contribution in [1.29, 1.82) is 0 Å². The third-order valence-corrected chi connectivity index (χ3v) is 9.81. The Hall–Kier alpha value is -5.93. The van der Waals surface area contributed by atoms with Gasteiger partial charge in [-0.3, -0.25) is 4.79 Å². The molecule has 0 amide bonds. The number of rotatable bonds is 6. The molecule has 0 atom stereocenters. The molecule has 3 heteroatoms. The van der Waals surface area contributed by atoms with Crippen LogP contribution in [0.3, 0.4) is 0 Å². The summed E-state index contributed by atoms with van der Waals surface area (Å²) in [7, 11) is 0. The normalized spacial score (nSPS) is 11.5. The zero-order chi connectivity index (χ0) is 34.7. The van der Waals surface area contributed by atoms with E-state index in [1.807, 2.05) is 48.5 Å². The lowest BCUT2D eigenvalue weighted by Gasteiger charge is -2.18. The number of carbonyl (C=O) groups is 1. The number of hydrogen-bond donors (Lipinski definition) is 0. The maximum absolute atomic E-state index is 14.9. The van der Waals surface area contributed by atoms with Crippen LogP contribution >= 0.6 is 0 Å². The molecule has 0 radical (unpaired) electrons. The summed E-state index contributed by atoms with van der Waals surface area (Å²) in [6.45, 7) is 12.5. The molecular weight excluding hydrogens is 613 g/mol. The van der Waals surface area contributed by atoms with Gasteiger partial charge in [-0.1, -0.05) is 83.9 Å². The number of aryl methyl sites for hydroxylation is 6. The molecule has 0 N–H and O–H groups in total. The van der Waals surface area contributed by atoms with Crippen LogP contribution in [0.5, 0.6) is 23.0 Å². The van der Waals surface area contributed by atoms with Crippen molar-refractivity contribution in [2.45, 2.75) is 41.5 Å². The number of hydrogen-bond acceptors (Lipinski definition) is 3. The fraction of sp³-hybridized carbons (Fsp3) is 0.128. The molecular formula is C47H38O3. The van der Waals surface area contributed by atoms with E-state index in [9.17, 15) is 4.79 Å². The van der Waals surface area contributed by atoms with E-state index in [2.05, 4.69) is 114 Å². The van der Waals surface area contributed by atoms with Gasteiger partial charge in [-0.2, -0.15) is 0 Å². The second-order valence-electron chi connectivity index (χ2n) is 13.7. The molecule has 3 nitrogen and oxygen atoms in total. The van der Waals surface area contributed by atoms with Crippen LogP contribution in [0.15, 0.2) is 121 Å². The van der Waals surface area contributed by atoms with E-state index in [1.54, 1.807) is 0 Å². The van der Waals surface area contributed by atoms with Crippen LogP contribution in [0.1, 0.15) is 49.3 Å². The van der Waals surface area contributed by atoms with Gasteiger partial charge >= 0.3 is 0 Å². The maximum atomic E-state index is 14.9. The van der Waals surface area contributed by atoms with Crippen molar-refractivity contribution >= 4 is 48.9 Å². The Morgan fingerprint density at radius 1 is 0.400 bits per heavy atom. The lowest BCUT2D eigenvalue weighted by molar-refractivity contribution is 0.104. The second-order valence-corrected chi connectivity index (χ2v) is 13.7. The van der Waals surface area contributed by atoms with E-state index < -0.39 is 0 Å². The van der Waals surface area contributed by atoms with Crippen molar-refractivity contribution in [2.24, 2.45) is 0 Å². The molecule has 0 unspecified atom stereocenters. The number of fused-ring (bicyclic) bond motifs is 4. The van der Waals surface area contributed by atoms with Crippen molar-refractivity contribution < 1.29 is 14.3 Å². The molecule has 8 aromatic rings. The van der Waals surface area contributed by atoms with E-state index in [-0.39, 0.29) is 5.78 Å². The molecule has 0 aliphatic heterocycles. The van der Waals surface area contributed by atoms with Gasteiger partial charge < -0.3 is 9.47 Å². The summed E-state index contributed by atoms with van der Waals surface area (Å²) in [6.07, 6.45) is 0. The summed E-state index contributed by atoms with van der Waals surface area (Å²) in [5.74, 6) is 3.09. The first-order valence-electron chi connectivity index (χ1n) is 17.1. The highest BCUT2D eigenvalue weighted by atomic mass is 16.5. The standard InChI is InChI=1S/C47H38O3/c1-27-19-29(3)46(30(4)20-27)49-43-17-15-37(39-23-33-11-7-9-13-35(33)25-41(39)43)45(48)38-16-18-44(50-47-31(5)21-28(2)22-32(47)6)42-26-36-14-10-8-12-34(36)24-40(38)42/h7-26H,1-6H3. The molecule has 50 heavy (non-hydrogen) atoms. The topological polar surface area (TPSA) is 35.5 Å². The van der Waals surface area contributed by atoms with Crippen LogP contribution in [-0.4, -0.2) is 5.78 Å². The van der Waals surface area contributed by atoms with E-state index in [4.69, 9.17) is 9.47 Å². The Kier molecular flexibility index (Phi) is 7.64. The Morgan fingerprint density at radius 2 is 0.720 bits per heavy atom. The summed E-state index contributed by atoms with van der Waals surface area (Å²) in [5, 5.41) is 7.82. The largest absolute Gasteiger partial charge is 0.456 e. The van der Waals surface area contributed by atoms with Gasteiger partial charge in [-0.25, -0.2) is 0 Å². The Morgan fingerprint density at radius 3 is 1.06 bits per heavy atom. The van der Waals surface area contributed by atoms with Crippen molar-refractivity contribution in [3.63, 3.8) is 0 Å². The monoisotopic (exact) mass is 650 g/mol. The zero-order valence-corrected chi connectivity index (χ0v) is 29.3. The highest BCUT2D eigenvalue weighted by Crippen LogP contribution is 2.41. The van der Waals surface area contributed by atoms with Gasteiger partial charge in [0.1, 0.15) is 23.0 Å². The first-order valence-corrected chi connectivity index (χ1v) is 17.1. The number of carbonyl (C=O) groups excluding carboxylic acids is 1. The molecule has 0 saturated heterocycles. The van der Waals surface area contributed by atoms with Crippen LogP contribution in [0, 0.1) is 41.5 Å². The number of ketones is 1. The predicted octanol–water partition coefficient (Wildman–Crippen LogP) is 13.0. The summed E-state index contributed by atoms with van der Waals surface area (Å²) >= 11 is 0. The van der Waals surface area contributed by atoms with Gasteiger partial charge in [-0.15, -0.1) is 0 Å². The van der Waals surface area contributed by atoms with E-state index in [0.29, 0.717) is 11.1 Å². The SMILES string of the molecule is Cc1cc(C)c(Oc2ccc(C(=O)c3ccc(Oc4c(C)cc(C)cc4C)c4cc5ccccc5cc34)c3cc4ccccc4cc23)c(C)c1. The molecule has 0 spiro atoms. The summed E-state index contributed by atoms with van der Waals surface area (Å²) < 4.78 is 13.4. The lowest BCUT2D eigenvalue weighted by atomic mass is 9.91. The number of ether oxygens (including phenoxy) is 2. The summed E-state index contributed by atoms with van der Waals surface area (Å²) in [4.78, 5) is 14.9. The van der Waals surface area contributed by atoms with Crippen molar-refractivity contribution in [1.82, 2.24) is 0 Å². The van der Waals surface area contributed by atoms with Crippen LogP contribution in [0.4, 0.5) is 0 Å². The van der Waals surface area contributed by atoms with E-state index in [1.165, 1.54) is 11.1 Å². The zero-order valence-electron chi connectivity index (χ0n) is 29.3. The quantitative estimate of drug-likeness (QED) is 0.133. The maximum Gasteiger partial charge on any atom is 0.194 e. The third-order valence-electron chi connectivity index (χ3n) is 9.81. The second kappa shape index (κ2) is 12.2. The highest BCUT2D eigenvalue weighted by molar-refractivity contribution is 6.24. The van der Waals surface area contributed by atoms with Crippen molar-refractivity contribution in [2.75, 3.05) is 0 Å². The predicted molar refractivity (Wildman–Crippen MR) is 208 cm³/mol. The minimum absolute atomic E-state index is 0.0472. The molecule has 244 valence electrons. The van der Waals surface area contributed by atoms with Gasteiger partial charge in [-0.05, 0) is 145 Å². The fourth-order valence-corrected chi connectivity index (χ4v) is 7.61. The number of benzene rings is 8. The molecule has 8 aromatic carbocycles. The molecule has 0 saturated carbocycles. The van der Waals surface area contributed by atoms with Gasteiger partial charge in [0, 0.05) is 21.9 Å². The van der Waals surface area contributed by atoms with E-state index >= 15 is 0 Å². The van der Waals surface area contributed by atoms with Crippen LogP contribution in [-0.2, 0) is 0 Å². The highest BCUT2D eigenvalue weighted by Gasteiger charge is 2.21. The van der Waals surface area contributed by atoms with Crippen molar-refractivity contribution in [3.8, 4) is 23.0 Å². The van der Waals surface area contributed by atoms with Gasteiger partial charge in [0.15, 0.2) is 5.78 Å². The minimum atomic E-state index is -0.0472. The van der Waals surface area contributed by atoms with Crippen LogP contribution < -0.4 is 9.47 Å². The molecule has 0 aliphatic carbocycles. The Labute approximate surface area is 292 Å².